The third-order valence-electron chi connectivity index (χ3n) is 4.60. The van der Waals surface area contributed by atoms with E-state index in [1.807, 2.05) is 0 Å². The van der Waals surface area contributed by atoms with Gasteiger partial charge in [-0.15, -0.1) is 0 Å². The van der Waals surface area contributed by atoms with Crippen LogP contribution >= 0.6 is 0 Å². The van der Waals surface area contributed by atoms with Crippen molar-refractivity contribution < 1.29 is 18.0 Å². The summed E-state index contributed by atoms with van der Waals surface area (Å²) in [5.41, 5.74) is -1.61. The van der Waals surface area contributed by atoms with Gasteiger partial charge in [-0.05, 0) is 31.2 Å². The van der Waals surface area contributed by atoms with Gasteiger partial charge in [-0.2, -0.15) is 13.2 Å². The highest BCUT2D eigenvalue weighted by Gasteiger charge is 2.33. The molecule has 0 bridgehead atoms. The fourth-order valence-electron chi connectivity index (χ4n) is 3.16. The van der Waals surface area contributed by atoms with Crippen LogP contribution in [0.2, 0.25) is 0 Å². The van der Waals surface area contributed by atoms with E-state index in [1.54, 1.807) is 31.2 Å². The lowest BCUT2D eigenvalue weighted by Crippen LogP contribution is -2.42. The SMILES string of the molecule is CCn1c(=O)c2ccccc2n(CC(=O)NCCNc2ncccc2C(F)(F)F)c1=O. The number of amides is 1. The van der Waals surface area contributed by atoms with Crippen LogP contribution in [0.5, 0.6) is 0 Å². The fraction of sp³-hybridized carbons (Fsp3) is 0.300. The highest BCUT2D eigenvalue weighted by Crippen LogP contribution is 2.33. The minimum absolute atomic E-state index is 0.00403. The number of nitrogens with zero attached hydrogens (tertiary/aromatic N) is 3. The fourth-order valence-corrected chi connectivity index (χ4v) is 3.16. The molecule has 0 saturated heterocycles. The lowest BCUT2D eigenvalue weighted by atomic mass is 10.2. The summed E-state index contributed by atoms with van der Waals surface area (Å²) in [6, 6.07) is 8.57. The van der Waals surface area contributed by atoms with E-state index in [2.05, 4.69) is 15.6 Å². The maximum Gasteiger partial charge on any atom is 0.419 e. The van der Waals surface area contributed by atoms with Gasteiger partial charge < -0.3 is 10.6 Å². The number of nitrogens with one attached hydrogen (secondary N) is 2. The van der Waals surface area contributed by atoms with E-state index >= 15 is 0 Å². The zero-order valence-corrected chi connectivity index (χ0v) is 16.6. The molecule has 2 heterocycles. The summed E-state index contributed by atoms with van der Waals surface area (Å²) in [6.45, 7) is 1.47. The number of anilines is 1. The summed E-state index contributed by atoms with van der Waals surface area (Å²) in [5, 5.41) is 5.41. The molecule has 2 aromatic heterocycles. The van der Waals surface area contributed by atoms with E-state index in [0.29, 0.717) is 10.9 Å². The van der Waals surface area contributed by atoms with Crippen LogP contribution in [-0.2, 0) is 24.1 Å². The number of para-hydroxylation sites is 1. The van der Waals surface area contributed by atoms with Gasteiger partial charge in [-0.1, -0.05) is 12.1 Å². The van der Waals surface area contributed by atoms with Crippen LogP contribution in [0.4, 0.5) is 19.0 Å². The summed E-state index contributed by atoms with van der Waals surface area (Å²) < 4.78 is 41.2. The first kappa shape index (κ1) is 22.1. The van der Waals surface area contributed by atoms with Crippen LogP contribution in [0, 0.1) is 0 Å². The third kappa shape index (κ3) is 4.76. The second kappa shape index (κ2) is 9.02. The van der Waals surface area contributed by atoms with Crippen LogP contribution in [-0.4, -0.2) is 33.1 Å². The second-order valence-corrected chi connectivity index (χ2v) is 6.61. The van der Waals surface area contributed by atoms with Crippen molar-refractivity contribution in [1.82, 2.24) is 19.4 Å². The number of fused-ring (bicyclic) bond motifs is 1. The van der Waals surface area contributed by atoms with E-state index in [4.69, 9.17) is 0 Å². The predicted octanol–water partition coefficient (Wildman–Crippen LogP) is 1.83. The van der Waals surface area contributed by atoms with Crippen molar-refractivity contribution in [1.29, 1.82) is 0 Å². The number of benzene rings is 1. The Morgan fingerprint density at radius 1 is 1.06 bits per heavy atom. The highest BCUT2D eigenvalue weighted by molar-refractivity contribution is 5.81. The van der Waals surface area contributed by atoms with Crippen molar-refractivity contribution in [3.05, 3.63) is 69.0 Å². The molecule has 0 aliphatic rings. The molecule has 11 heteroatoms. The molecule has 164 valence electrons. The molecule has 0 fully saturated rings. The molecule has 3 aromatic rings. The van der Waals surface area contributed by atoms with E-state index in [9.17, 15) is 27.6 Å². The van der Waals surface area contributed by atoms with Crippen molar-refractivity contribution in [2.45, 2.75) is 26.2 Å². The van der Waals surface area contributed by atoms with E-state index in [0.717, 1.165) is 10.6 Å². The minimum Gasteiger partial charge on any atom is -0.368 e. The van der Waals surface area contributed by atoms with Crippen LogP contribution in [0.25, 0.3) is 10.9 Å². The van der Waals surface area contributed by atoms with Crippen molar-refractivity contribution in [2.75, 3.05) is 18.4 Å². The lowest BCUT2D eigenvalue weighted by molar-refractivity contribution is -0.137. The molecule has 0 atom stereocenters. The zero-order valence-electron chi connectivity index (χ0n) is 16.6. The second-order valence-electron chi connectivity index (χ2n) is 6.61. The van der Waals surface area contributed by atoms with Crippen LogP contribution in [0.1, 0.15) is 12.5 Å². The Balaban J connectivity index is 1.69. The molecule has 0 spiro atoms. The summed E-state index contributed by atoms with van der Waals surface area (Å²) in [7, 11) is 0. The molecule has 0 saturated carbocycles. The standard InChI is InChI=1S/C20H20F3N5O3/c1-2-27-18(30)13-6-3-4-8-15(13)28(19(27)31)12-16(29)24-10-11-26-17-14(20(21,22)23)7-5-9-25-17/h3-9H,2,10-12H2,1H3,(H,24,29)(H,25,26). The third-order valence-corrected chi connectivity index (χ3v) is 4.60. The topological polar surface area (TPSA) is 98.0 Å². The molecule has 8 nitrogen and oxygen atoms in total. The molecule has 3 rings (SSSR count). The van der Waals surface area contributed by atoms with Gasteiger partial charge in [0.1, 0.15) is 12.4 Å². The summed E-state index contributed by atoms with van der Waals surface area (Å²) in [5.74, 6) is -0.853. The summed E-state index contributed by atoms with van der Waals surface area (Å²) >= 11 is 0. The molecule has 1 aromatic carbocycles. The van der Waals surface area contributed by atoms with Gasteiger partial charge in [0, 0.05) is 25.8 Å². The monoisotopic (exact) mass is 435 g/mol. The van der Waals surface area contributed by atoms with Gasteiger partial charge in [0.05, 0.1) is 16.5 Å². The first-order valence-corrected chi connectivity index (χ1v) is 9.49. The molecule has 0 aliphatic heterocycles. The molecule has 0 unspecified atom stereocenters. The lowest BCUT2D eigenvalue weighted by Gasteiger charge is -2.14. The molecule has 0 aliphatic carbocycles. The summed E-state index contributed by atoms with van der Waals surface area (Å²) in [6.07, 6.45) is -3.32. The molecule has 1 amide bonds. The average Bonchev–Trinajstić information content (AvgIpc) is 2.74. The van der Waals surface area contributed by atoms with Crippen molar-refractivity contribution in [3.8, 4) is 0 Å². The number of aromatic nitrogens is 3. The number of pyridine rings is 1. The number of rotatable bonds is 7. The van der Waals surface area contributed by atoms with Gasteiger partial charge in [0.15, 0.2) is 0 Å². The Hall–Kier alpha value is -3.63. The van der Waals surface area contributed by atoms with Gasteiger partial charge >= 0.3 is 11.9 Å². The number of halogens is 3. The highest BCUT2D eigenvalue weighted by atomic mass is 19.4. The molecular weight excluding hydrogens is 415 g/mol. The first-order chi connectivity index (χ1) is 14.7. The minimum atomic E-state index is -4.55. The number of hydrogen-bond acceptors (Lipinski definition) is 5. The molecule has 0 radical (unpaired) electrons. The van der Waals surface area contributed by atoms with E-state index in [1.165, 1.54) is 16.8 Å². The maximum absolute atomic E-state index is 13.0. The Bertz CT molecular complexity index is 1220. The number of carbonyl (C=O) groups excluding carboxylic acids is 1. The molecule has 31 heavy (non-hydrogen) atoms. The molecular formula is C20H20F3N5O3. The Labute approximate surface area is 174 Å². The maximum atomic E-state index is 13.0. The van der Waals surface area contributed by atoms with Crippen LogP contribution < -0.4 is 21.9 Å². The zero-order chi connectivity index (χ0) is 22.6. The number of alkyl halides is 3. The Kier molecular flexibility index (Phi) is 6.42. The van der Waals surface area contributed by atoms with Crippen LogP contribution in [0.3, 0.4) is 0 Å². The smallest absolute Gasteiger partial charge is 0.368 e. The quantitative estimate of drug-likeness (QED) is 0.552. The average molecular weight is 435 g/mol. The van der Waals surface area contributed by atoms with Crippen molar-refractivity contribution in [3.63, 3.8) is 0 Å². The van der Waals surface area contributed by atoms with Crippen molar-refractivity contribution in [2.24, 2.45) is 0 Å². The van der Waals surface area contributed by atoms with Gasteiger partial charge in [0.2, 0.25) is 5.91 Å². The van der Waals surface area contributed by atoms with E-state index in [-0.39, 0.29) is 32.0 Å². The van der Waals surface area contributed by atoms with Gasteiger partial charge in [-0.3, -0.25) is 18.7 Å². The largest absolute Gasteiger partial charge is 0.419 e. The van der Waals surface area contributed by atoms with Crippen LogP contribution in [0.15, 0.2) is 52.2 Å². The number of carbonyl (C=O) groups is 1. The van der Waals surface area contributed by atoms with Gasteiger partial charge in [-0.25, -0.2) is 9.78 Å². The first-order valence-electron chi connectivity index (χ1n) is 9.49. The molecule has 2 N–H and O–H groups in total. The van der Waals surface area contributed by atoms with Crippen molar-refractivity contribution >= 4 is 22.6 Å². The summed E-state index contributed by atoms with van der Waals surface area (Å²) in [4.78, 5) is 41.1. The normalized spacial score (nSPS) is 11.5. The number of hydrogen-bond donors (Lipinski definition) is 2. The van der Waals surface area contributed by atoms with E-state index < -0.39 is 28.9 Å². The Morgan fingerprint density at radius 3 is 2.52 bits per heavy atom. The Morgan fingerprint density at radius 2 is 1.81 bits per heavy atom. The van der Waals surface area contributed by atoms with Gasteiger partial charge in [0.25, 0.3) is 5.56 Å². The predicted molar refractivity (Wildman–Crippen MR) is 109 cm³/mol.